The fourth-order valence-corrected chi connectivity index (χ4v) is 8.03. The second kappa shape index (κ2) is 18.0. The number of aromatic amines is 1. The molecule has 51 heavy (non-hydrogen) atoms. The summed E-state index contributed by atoms with van der Waals surface area (Å²) in [7, 11) is 0. The maximum atomic E-state index is 14.3. The quantitative estimate of drug-likeness (QED) is 0.192. The molecule has 1 aromatic heterocycles. The number of H-pyrrole nitrogens is 1. The van der Waals surface area contributed by atoms with E-state index in [1.54, 1.807) is 27.0 Å². The van der Waals surface area contributed by atoms with Crippen LogP contribution in [0.2, 0.25) is 0 Å². The van der Waals surface area contributed by atoms with Crippen LogP contribution in [0.15, 0.2) is 42.9 Å². The average Bonchev–Trinajstić information content (AvgIpc) is 3.77. The van der Waals surface area contributed by atoms with Crippen LogP contribution in [0.5, 0.6) is 0 Å². The van der Waals surface area contributed by atoms with Crippen molar-refractivity contribution in [2.24, 2.45) is 11.8 Å². The molecule has 0 unspecified atom stereocenters. The molecule has 2 aliphatic carbocycles. The maximum absolute atomic E-state index is 14.3. The van der Waals surface area contributed by atoms with Crippen LogP contribution >= 0.6 is 0 Å². The van der Waals surface area contributed by atoms with Gasteiger partial charge in [-0.2, -0.15) is 0 Å². The molecule has 5 N–H and O–H groups in total. The zero-order valence-corrected chi connectivity index (χ0v) is 30.6. The van der Waals surface area contributed by atoms with Crippen LogP contribution in [0.4, 0.5) is 4.79 Å². The molecule has 1 aromatic carbocycles. The fourth-order valence-electron chi connectivity index (χ4n) is 8.03. The summed E-state index contributed by atoms with van der Waals surface area (Å²) in [5, 5.41) is 20.6. The van der Waals surface area contributed by atoms with Gasteiger partial charge in [0.1, 0.15) is 17.7 Å². The van der Waals surface area contributed by atoms with Crippen molar-refractivity contribution in [1.82, 2.24) is 30.8 Å². The molecule has 4 amide bonds. The highest BCUT2D eigenvalue weighted by molar-refractivity contribution is 5.92. The van der Waals surface area contributed by atoms with E-state index in [9.17, 15) is 24.3 Å². The van der Waals surface area contributed by atoms with Gasteiger partial charge in [0.05, 0.1) is 24.4 Å². The van der Waals surface area contributed by atoms with Crippen LogP contribution in [0.1, 0.15) is 109 Å². The first-order valence-electron chi connectivity index (χ1n) is 19.1. The van der Waals surface area contributed by atoms with Gasteiger partial charge in [0.2, 0.25) is 17.7 Å². The highest BCUT2D eigenvalue weighted by atomic mass is 16.6. The minimum atomic E-state index is -1.06. The van der Waals surface area contributed by atoms with Crippen molar-refractivity contribution < 1.29 is 29.0 Å². The van der Waals surface area contributed by atoms with Gasteiger partial charge in [-0.15, -0.1) is 0 Å². The van der Waals surface area contributed by atoms with Crippen LogP contribution in [-0.2, 0) is 32.0 Å². The molecule has 1 aliphatic heterocycles. The summed E-state index contributed by atoms with van der Waals surface area (Å²) in [4.78, 5) is 64.0. The SMILES string of the molecule is CC(C)(C)OC(=O)N[C@@H](Cc1ccccc1)C(=O)N[C@@H](Cc1cnc[nH]1)C(=O)N[C@H](CC1CCCCC1)[C@@H](O)[C@@H]1CCN(C2CCCCC2)C1=O. The number of benzene rings is 1. The Hall–Kier alpha value is -3.93. The van der Waals surface area contributed by atoms with Gasteiger partial charge < -0.3 is 35.7 Å². The van der Waals surface area contributed by atoms with Crippen LogP contribution in [0.3, 0.4) is 0 Å². The van der Waals surface area contributed by atoms with Gasteiger partial charge in [-0.25, -0.2) is 9.78 Å². The first kappa shape index (κ1) is 38.3. The van der Waals surface area contributed by atoms with E-state index in [1.165, 1.54) is 19.2 Å². The largest absolute Gasteiger partial charge is 0.444 e. The molecule has 2 saturated carbocycles. The van der Waals surface area contributed by atoms with Crippen LogP contribution in [0, 0.1) is 11.8 Å². The number of carbonyl (C=O) groups excluding carboxylic acids is 4. The molecular formula is C39H58N6O6. The predicted octanol–water partition coefficient (Wildman–Crippen LogP) is 4.57. The number of hydrogen-bond donors (Lipinski definition) is 5. The molecule has 5 atom stereocenters. The summed E-state index contributed by atoms with van der Waals surface area (Å²) in [6.45, 7) is 5.86. The third-order valence-corrected chi connectivity index (χ3v) is 10.7. The number of carbonyl (C=O) groups is 4. The smallest absolute Gasteiger partial charge is 0.408 e. The summed E-state index contributed by atoms with van der Waals surface area (Å²) in [5.41, 5.74) is 0.680. The second-order valence-corrected chi connectivity index (χ2v) is 15.8. The molecule has 3 aliphatic rings. The Kier molecular flexibility index (Phi) is 13.5. The van der Waals surface area contributed by atoms with Crippen molar-refractivity contribution >= 4 is 23.8 Å². The Labute approximate surface area is 302 Å². The first-order valence-corrected chi connectivity index (χ1v) is 19.1. The van der Waals surface area contributed by atoms with E-state index in [-0.39, 0.29) is 24.8 Å². The number of imidazole rings is 1. The zero-order valence-electron chi connectivity index (χ0n) is 30.6. The number of aromatic nitrogens is 2. The number of aliphatic hydroxyl groups is 1. The third kappa shape index (κ3) is 11.3. The summed E-state index contributed by atoms with van der Waals surface area (Å²) < 4.78 is 5.47. The number of nitrogens with zero attached hydrogens (tertiary/aromatic N) is 2. The van der Waals surface area contributed by atoms with Crippen molar-refractivity contribution in [2.75, 3.05) is 6.54 Å². The Balaban J connectivity index is 1.34. The van der Waals surface area contributed by atoms with E-state index in [2.05, 4.69) is 25.9 Å². The van der Waals surface area contributed by atoms with Crippen molar-refractivity contribution in [2.45, 2.75) is 147 Å². The van der Waals surface area contributed by atoms with E-state index in [0.717, 1.165) is 56.9 Å². The molecule has 2 aromatic rings. The van der Waals surface area contributed by atoms with Gasteiger partial charge in [-0.05, 0) is 57.9 Å². The molecule has 1 saturated heterocycles. The summed E-state index contributed by atoms with van der Waals surface area (Å²) in [6, 6.07) is 6.77. The lowest BCUT2D eigenvalue weighted by atomic mass is 9.81. The number of amides is 4. The lowest BCUT2D eigenvalue weighted by Gasteiger charge is -2.34. The first-order chi connectivity index (χ1) is 24.5. The predicted molar refractivity (Wildman–Crippen MR) is 193 cm³/mol. The number of rotatable bonds is 14. The Bertz CT molecular complexity index is 1420. The lowest BCUT2D eigenvalue weighted by Crippen LogP contribution is -2.58. The number of likely N-dealkylation sites (tertiary alicyclic amines) is 1. The monoisotopic (exact) mass is 706 g/mol. The molecule has 0 bridgehead atoms. The zero-order chi connectivity index (χ0) is 36.4. The van der Waals surface area contributed by atoms with Crippen molar-refractivity contribution in [3.05, 3.63) is 54.1 Å². The molecule has 3 fully saturated rings. The molecule has 5 rings (SSSR count). The number of hydrogen-bond acceptors (Lipinski definition) is 7. The number of ether oxygens (including phenoxy) is 1. The normalized spacial score (nSPS) is 21.4. The summed E-state index contributed by atoms with van der Waals surface area (Å²) in [5.74, 6) is -1.31. The Morgan fingerprint density at radius 1 is 0.902 bits per heavy atom. The molecule has 2 heterocycles. The highest BCUT2D eigenvalue weighted by Crippen LogP contribution is 2.34. The Morgan fingerprint density at radius 3 is 2.20 bits per heavy atom. The molecule has 0 spiro atoms. The van der Waals surface area contributed by atoms with E-state index in [1.807, 2.05) is 35.2 Å². The van der Waals surface area contributed by atoms with Gasteiger partial charge in [0.25, 0.3) is 0 Å². The average molecular weight is 707 g/mol. The highest BCUT2D eigenvalue weighted by Gasteiger charge is 2.44. The molecule has 280 valence electrons. The molecular weight excluding hydrogens is 648 g/mol. The minimum Gasteiger partial charge on any atom is -0.444 e. The van der Waals surface area contributed by atoms with Gasteiger partial charge in [0, 0.05) is 37.3 Å². The van der Waals surface area contributed by atoms with E-state index in [4.69, 9.17) is 4.74 Å². The number of nitrogens with one attached hydrogen (secondary N) is 4. The summed E-state index contributed by atoms with van der Waals surface area (Å²) in [6.07, 6.45) is 13.5. The van der Waals surface area contributed by atoms with Gasteiger partial charge in [-0.1, -0.05) is 81.7 Å². The van der Waals surface area contributed by atoms with E-state index >= 15 is 0 Å². The lowest BCUT2D eigenvalue weighted by molar-refractivity contribution is -0.138. The third-order valence-electron chi connectivity index (χ3n) is 10.7. The maximum Gasteiger partial charge on any atom is 0.408 e. The topological polar surface area (TPSA) is 166 Å². The van der Waals surface area contributed by atoms with Gasteiger partial charge in [0.15, 0.2) is 0 Å². The van der Waals surface area contributed by atoms with Crippen molar-refractivity contribution in [1.29, 1.82) is 0 Å². The molecule has 12 heteroatoms. The second-order valence-electron chi connectivity index (χ2n) is 15.8. The van der Waals surface area contributed by atoms with Crippen molar-refractivity contribution in [3.63, 3.8) is 0 Å². The molecule has 0 radical (unpaired) electrons. The van der Waals surface area contributed by atoms with Crippen molar-refractivity contribution in [3.8, 4) is 0 Å². The van der Waals surface area contributed by atoms with Gasteiger partial charge in [-0.3, -0.25) is 14.4 Å². The number of aliphatic hydroxyl groups excluding tert-OH is 1. The van der Waals surface area contributed by atoms with Crippen LogP contribution in [0.25, 0.3) is 0 Å². The van der Waals surface area contributed by atoms with Gasteiger partial charge >= 0.3 is 6.09 Å². The molecule has 12 nitrogen and oxygen atoms in total. The van der Waals surface area contributed by atoms with Crippen LogP contribution in [-0.4, -0.2) is 86.2 Å². The van der Waals surface area contributed by atoms with E-state index < -0.39 is 53.7 Å². The summed E-state index contributed by atoms with van der Waals surface area (Å²) >= 11 is 0. The minimum absolute atomic E-state index is 0.0171. The fraction of sp³-hybridized carbons (Fsp3) is 0.667. The van der Waals surface area contributed by atoms with E-state index in [0.29, 0.717) is 31.0 Å². The van der Waals surface area contributed by atoms with Crippen LogP contribution < -0.4 is 16.0 Å². The standard InChI is InChI=1S/C39H58N6O6/c1-39(2,3)51-38(50)44-32(22-27-15-9-5-10-16-27)35(47)43-33(23-28-24-40-25-41-28)36(48)42-31(21-26-13-7-4-8-14-26)34(46)30-19-20-45(37(30)49)29-17-11-6-12-18-29/h5,9-10,15-16,24-26,29-34,46H,4,6-8,11-14,17-23H2,1-3H3,(H,40,41)(H,42,48)(H,43,47)(H,44,50)/t30-,31+,32-,33-,34-/m0/s1. The Morgan fingerprint density at radius 2 is 1.55 bits per heavy atom. The number of alkyl carbamates (subject to hydrolysis) is 1.